The topological polar surface area (TPSA) is 17.1 Å². The quantitative estimate of drug-likeness (QED) is 0.584. The van der Waals surface area contributed by atoms with Crippen molar-refractivity contribution >= 4 is 5.78 Å². The van der Waals surface area contributed by atoms with Gasteiger partial charge >= 0.3 is 0 Å². The number of hydrogen-bond acceptors (Lipinski definition) is 1. The second kappa shape index (κ2) is 5.34. The van der Waals surface area contributed by atoms with E-state index < -0.39 is 0 Å². The van der Waals surface area contributed by atoms with Crippen LogP contribution < -0.4 is 0 Å². The predicted octanol–water partition coefficient (Wildman–Crippen LogP) is 2.91. The first-order valence-electron chi connectivity index (χ1n) is 4.85. The molecule has 67 valence electrons. The lowest BCUT2D eigenvalue weighted by Gasteiger charge is -2.09. The van der Waals surface area contributed by atoms with Crippen LogP contribution in [0.4, 0.5) is 0 Å². The summed E-state index contributed by atoms with van der Waals surface area (Å²) in [5, 5.41) is 0. The molecule has 0 N–H and O–H groups in total. The van der Waals surface area contributed by atoms with E-state index in [4.69, 9.17) is 0 Å². The Morgan fingerprint density at radius 3 is 2.00 bits per heavy atom. The van der Waals surface area contributed by atoms with Gasteiger partial charge in [-0.25, -0.2) is 0 Å². The molecule has 1 heteroatoms. The summed E-state index contributed by atoms with van der Waals surface area (Å²) >= 11 is 0. The Morgan fingerprint density at radius 2 is 1.58 bits per heavy atom. The fourth-order valence-electron chi connectivity index (χ4n) is 1.53. The van der Waals surface area contributed by atoms with Gasteiger partial charge in [-0.3, -0.25) is 4.79 Å². The molecule has 3 radical (unpaired) electrons. The van der Waals surface area contributed by atoms with Gasteiger partial charge in [0.05, 0.1) is 0 Å². The van der Waals surface area contributed by atoms with E-state index >= 15 is 0 Å². The molecular formula is C11H17O. The van der Waals surface area contributed by atoms with Crippen molar-refractivity contribution < 1.29 is 4.79 Å². The van der Waals surface area contributed by atoms with Crippen LogP contribution in [0.5, 0.6) is 0 Å². The fraction of sp³-hybridized carbons (Fsp3) is 0.636. The highest BCUT2D eigenvalue weighted by Crippen LogP contribution is 2.22. The molecule has 1 nitrogen and oxygen atoms in total. The summed E-state index contributed by atoms with van der Waals surface area (Å²) in [4.78, 5) is 11.1. The molecule has 1 fully saturated rings. The lowest BCUT2D eigenvalue weighted by molar-refractivity contribution is -0.114. The number of carbonyl (C=O) groups is 1. The standard InChI is InChI=1S/C11H17O/c1-10(12)11-8-6-4-2-3-5-7-9-11/h8-9H,2-7H2,1H3. The SMILES string of the molecule is CC(=O)[C]1[CH]CCCCCC[CH]1. The van der Waals surface area contributed by atoms with Crippen LogP contribution in [0.15, 0.2) is 0 Å². The van der Waals surface area contributed by atoms with Gasteiger partial charge in [0, 0.05) is 5.92 Å². The molecule has 0 saturated heterocycles. The predicted molar refractivity (Wildman–Crippen MR) is 50.2 cm³/mol. The molecule has 0 unspecified atom stereocenters. The Labute approximate surface area is 75.5 Å². The minimum Gasteiger partial charge on any atom is -0.299 e. The van der Waals surface area contributed by atoms with Crippen molar-refractivity contribution in [2.24, 2.45) is 0 Å². The second-order valence-electron chi connectivity index (χ2n) is 3.41. The third-order valence-corrected chi connectivity index (χ3v) is 2.29. The van der Waals surface area contributed by atoms with Gasteiger partial charge in [-0.1, -0.05) is 25.7 Å². The largest absolute Gasteiger partial charge is 0.299 e. The van der Waals surface area contributed by atoms with Crippen molar-refractivity contribution in [1.82, 2.24) is 0 Å². The van der Waals surface area contributed by atoms with Gasteiger partial charge < -0.3 is 0 Å². The third kappa shape index (κ3) is 3.38. The van der Waals surface area contributed by atoms with E-state index in [0.717, 1.165) is 18.8 Å². The first-order valence-corrected chi connectivity index (χ1v) is 4.85. The summed E-state index contributed by atoms with van der Waals surface area (Å²) in [6.45, 7) is 1.65. The monoisotopic (exact) mass is 165 g/mol. The highest BCUT2D eigenvalue weighted by molar-refractivity contribution is 5.93. The van der Waals surface area contributed by atoms with Crippen molar-refractivity contribution in [3.8, 4) is 0 Å². The molecule has 1 rings (SSSR count). The molecule has 0 amide bonds. The summed E-state index contributed by atoms with van der Waals surface area (Å²) in [7, 11) is 0. The number of hydrogen-bond donors (Lipinski definition) is 0. The summed E-state index contributed by atoms with van der Waals surface area (Å²) in [6, 6.07) is 0. The van der Waals surface area contributed by atoms with Crippen molar-refractivity contribution in [3.05, 3.63) is 18.8 Å². The summed E-state index contributed by atoms with van der Waals surface area (Å²) in [5.74, 6) is 1.16. The zero-order valence-electron chi connectivity index (χ0n) is 7.81. The van der Waals surface area contributed by atoms with E-state index in [9.17, 15) is 4.79 Å². The van der Waals surface area contributed by atoms with Gasteiger partial charge in [-0.05, 0) is 32.6 Å². The highest BCUT2D eigenvalue weighted by Gasteiger charge is 2.15. The highest BCUT2D eigenvalue weighted by atomic mass is 16.1. The smallest absolute Gasteiger partial charge is 0.137 e. The molecule has 12 heavy (non-hydrogen) atoms. The fourth-order valence-corrected chi connectivity index (χ4v) is 1.53. The summed E-state index contributed by atoms with van der Waals surface area (Å²) in [5.41, 5.74) is 0. The van der Waals surface area contributed by atoms with Gasteiger partial charge in [-0.2, -0.15) is 0 Å². The van der Waals surface area contributed by atoms with Crippen LogP contribution in [0.25, 0.3) is 0 Å². The minimum absolute atomic E-state index is 0.219. The molecule has 0 aromatic carbocycles. The average Bonchev–Trinajstić information content (AvgIpc) is 2.15. The lowest BCUT2D eigenvalue weighted by Crippen LogP contribution is -2.09. The van der Waals surface area contributed by atoms with Gasteiger partial charge in [0.25, 0.3) is 0 Å². The Morgan fingerprint density at radius 1 is 1.08 bits per heavy atom. The van der Waals surface area contributed by atoms with Crippen LogP contribution in [0.3, 0.4) is 0 Å². The molecule has 1 aliphatic carbocycles. The Hall–Kier alpha value is -0.330. The maximum atomic E-state index is 11.1. The molecule has 0 aromatic heterocycles. The first-order chi connectivity index (χ1) is 5.80. The van der Waals surface area contributed by atoms with Gasteiger partial charge in [-0.15, -0.1) is 0 Å². The van der Waals surface area contributed by atoms with Crippen LogP contribution in [-0.4, -0.2) is 5.78 Å². The van der Waals surface area contributed by atoms with Crippen molar-refractivity contribution in [2.75, 3.05) is 0 Å². The molecular weight excluding hydrogens is 148 g/mol. The molecule has 0 spiro atoms. The average molecular weight is 165 g/mol. The van der Waals surface area contributed by atoms with Crippen LogP contribution in [0, 0.1) is 18.8 Å². The van der Waals surface area contributed by atoms with E-state index in [2.05, 4.69) is 12.8 Å². The van der Waals surface area contributed by atoms with Crippen LogP contribution in [-0.2, 0) is 4.79 Å². The van der Waals surface area contributed by atoms with Gasteiger partial charge in [0.15, 0.2) is 0 Å². The Bertz CT molecular complexity index is 130. The van der Waals surface area contributed by atoms with Crippen LogP contribution >= 0.6 is 0 Å². The molecule has 1 aliphatic rings. The number of carbonyl (C=O) groups excluding carboxylic acids is 1. The molecule has 1 saturated carbocycles. The molecule has 0 aliphatic heterocycles. The van der Waals surface area contributed by atoms with Gasteiger partial charge in [0.1, 0.15) is 5.78 Å². The zero-order chi connectivity index (χ0) is 8.81. The van der Waals surface area contributed by atoms with E-state index in [1.807, 2.05) is 0 Å². The van der Waals surface area contributed by atoms with Crippen molar-refractivity contribution in [1.29, 1.82) is 0 Å². The zero-order valence-corrected chi connectivity index (χ0v) is 7.81. The van der Waals surface area contributed by atoms with Crippen LogP contribution in [0.1, 0.15) is 45.4 Å². The Kier molecular flexibility index (Phi) is 4.34. The first kappa shape index (κ1) is 9.76. The lowest BCUT2D eigenvalue weighted by atomic mass is 9.94. The number of rotatable bonds is 1. The maximum absolute atomic E-state index is 11.1. The molecule has 0 bridgehead atoms. The Balaban J connectivity index is 2.33. The van der Waals surface area contributed by atoms with Crippen LogP contribution in [0.2, 0.25) is 0 Å². The van der Waals surface area contributed by atoms with Crippen molar-refractivity contribution in [2.45, 2.75) is 45.4 Å². The number of Topliss-reactive ketones (excluding diaryl/α,β-unsaturated/α-hetero) is 1. The van der Waals surface area contributed by atoms with E-state index in [-0.39, 0.29) is 5.78 Å². The van der Waals surface area contributed by atoms with E-state index in [1.165, 1.54) is 25.7 Å². The third-order valence-electron chi connectivity index (χ3n) is 2.29. The summed E-state index contributed by atoms with van der Waals surface area (Å²) < 4.78 is 0. The van der Waals surface area contributed by atoms with Crippen molar-refractivity contribution in [3.63, 3.8) is 0 Å². The molecule has 0 heterocycles. The minimum atomic E-state index is 0.219. The normalized spacial score (nSPS) is 22.4. The number of ketones is 1. The second-order valence-corrected chi connectivity index (χ2v) is 3.41. The molecule has 0 aromatic rings. The van der Waals surface area contributed by atoms with E-state index in [0.29, 0.717) is 0 Å². The molecule has 0 atom stereocenters. The van der Waals surface area contributed by atoms with E-state index in [1.54, 1.807) is 6.92 Å². The maximum Gasteiger partial charge on any atom is 0.137 e. The van der Waals surface area contributed by atoms with Gasteiger partial charge in [0.2, 0.25) is 0 Å². The summed E-state index contributed by atoms with van der Waals surface area (Å²) in [6.07, 6.45) is 11.4.